The first kappa shape index (κ1) is 9.40. The van der Waals surface area contributed by atoms with Gasteiger partial charge in [0, 0.05) is 6.20 Å². The van der Waals surface area contributed by atoms with E-state index < -0.39 is 0 Å². The van der Waals surface area contributed by atoms with E-state index >= 15 is 0 Å². The number of rotatable bonds is 1. The predicted octanol–water partition coefficient (Wildman–Crippen LogP) is 3.75. The van der Waals surface area contributed by atoms with Crippen LogP contribution in [0.3, 0.4) is 0 Å². The Labute approximate surface area is 97.5 Å². The molecule has 2 heterocycles. The predicted molar refractivity (Wildman–Crippen MR) is 64.1 cm³/mol. The minimum Gasteiger partial charge on any atom is -0.294 e. The number of fused-ring (bicyclic) bond motifs is 1. The highest BCUT2D eigenvalue weighted by atomic mass is 79.9. The topological polar surface area (TPSA) is 17.3 Å². The Hall–Kier alpha value is -0.830. The second-order valence-electron chi connectivity index (χ2n) is 4.25. The molecule has 3 rings (SSSR count). The summed E-state index contributed by atoms with van der Waals surface area (Å²) < 4.78 is 3.16. The zero-order chi connectivity index (χ0) is 10.3. The van der Waals surface area contributed by atoms with Gasteiger partial charge in [0.25, 0.3) is 0 Å². The fourth-order valence-electron chi connectivity index (χ4n) is 2.47. The van der Waals surface area contributed by atoms with E-state index in [1.807, 2.05) is 6.20 Å². The maximum absolute atomic E-state index is 4.30. The Morgan fingerprint density at radius 1 is 1.27 bits per heavy atom. The molecule has 0 atom stereocenters. The maximum atomic E-state index is 4.30. The number of hydrogen-bond donors (Lipinski definition) is 0. The van der Waals surface area contributed by atoms with Crippen molar-refractivity contribution in [1.29, 1.82) is 0 Å². The van der Waals surface area contributed by atoms with Crippen molar-refractivity contribution < 1.29 is 0 Å². The molecule has 2 aromatic heterocycles. The highest BCUT2D eigenvalue weighted by molar-refractivity contribution is 9.10. The average molecular weight is 265 g/mol. The zero-order valence-corrected chi connectivity index (χ0v) is 10.1. The number of pyridine rings is 1. The molecule has 0 N–H and O–H groups in total. The van der Waals surface area contributed by atoms with E-state index in [1.54, 1.807) is 0 Å². The molecular formula is C12H13BrN2. The third kappa shape index (κ3) is 1.59. The van der Waals surface area contributed by atoms with Crippen molar-refractivity contribution in [2.75, 3.05) is 0 Å². The molecule has 0 bridgehead atoms. The first-order valence-corrected chi connectivity index (χ1v) is 6.26. The van der Waals surface area contributed by atoms with E-state index in [9.17, 15) is 0 Å². The summed E-state index contributed by atoms with van der Waals surface area (Å²) in [6.45, 7) is 0. The molecule has 2 nitrogen and oxygen atoms in total. The lowest BCUT2D eigenvalue weighted by Crippen LogP contribution is -1.95. The molecule has 0 aromatic carbocycles. The summed E-state index contributed by atoms with van der Waals surface area (Å²) in [6, 6.07) is 4.34. The molecule has 1 saturated carbocycles. The highest BCUT2D eigenvalue weighted by Gasteiger charge is 2.17. The molecule has 3 heteroatoms. The first-order valence-electron chi connectivity index (χ1n) is 5.47. The lowest BCUT2D eigenvalue weighted by molar-refractivity contribution is 0.717. The molecule has 1 fully saturated rings. The van der Waals surface area contributed by atoms with Crippen molar-refractivity contribution >= 4 is 21.6 Å². The van der Waals surface area contributed by atoms with E-state index in [4.69, 9.17) is 0 Å². The van der Waals surface area contributed by atoms with Crippen molar-refractivity contribution in [3.05, 3.63) is 34.7 Å². The van der Waals surface area contributed by atoms with Crippen LogP contribution in [0.4, 0.5) is 0 Å². The Morgan fingerprint density at radius 2 is 2.07 bits per heavy atom. The number of halogens is 1. The van der Waals surface area contributed by atoms with E-state index in [0.717, 1.165) is 16.2 Å². The molecule has 15 heavy (non-hydrogen) atoms. The molecule has 0 amide bonds. The Bertz CT molecular complexity index is 483. The van der Waals surface area contributed by atoms with Crippen molar-refractivity contribution in [1.82, 2.24) is 9.38 Å². The lowest BCUT2D eigenvalue weighted by atomic mass is 10.00. The Morgan fingerprint density at radius 3 is 2.87 bits per heavy atom. The number of hydrogen-bond acceptors (Lipinski definition) is 1. The van der Waals surface area contributed by atoms with E-state index in [0.29, 0.717) is 0 Å². The van der Waals surface area contributed by atoms with E-state index in [-0.39, 0.29) is 0 Å². The summed E-state index contributed by atoms with van der Waals surface area (Å²) in [7, 11) is 0. The Balaban J connectivity index is 2.08. The van der Waals surface area contributed by atoms with E-state index in [2.05, 4.69) is 43.6 Å². The second-order valence-corrected chi connectivity index (χ2v) is 5.07. The third-order valence-electron chi connectivity index (χ3n) is 3.31. The monoisotopic (exact) mass is 264 g/mol. The van der Waals surface area contributed by atoms with Gasteiger partial charge in [0.1, 0.15) is 10.3 Å². The van der Waals surface area contributed by atoms with Gasteiger partial charge in [-0.2, -0.15) is 0 Å². The summed E-state index contributed by atoms with van der Waals surface area (Å²) in [5, 5.41) is 0. The minimum atomic E-state index is 0.767. The highest BCUT2D eigenvalue weighted by Crippen LogP contribution is 2.34. The van der Waals surface area contributed by atoms with Crippen LogP contribution in [0.25, 0.3) is 5.65 Å². The van der Waals surface area contributed by atoms with Gasteiger partial charge in [-0.15, -0.1) is 0 Å². The average Bonchev–Trinajstić information content (AvgIpc) is 2.88. The van der Waals surface area contributed by atoms with Gasteiger partial charge < -0.3 is 0 Å². The molecule has 0 saturated heterocycles. The van der Waals surface area contributed by atoms with Crippen LogP contribution in [0.2, 0.25) is 0 Å². The van der Waals surface area contributed by atoms with Crippen LogP contribution >= 0.6 is 15.9 Å². The third-order valence-corrected chi connectivity index (χ3v) is 3.90. The largest absolute Gasteiger partial charge is 0.294 e. The van der Waals surface area contributed by atoms with Crippen LogP contribution in [0.15, 0.2) is 29.1 Å². The summed E-state index contributed by atoms with van der Waals surface area (Å²) in [4.78, 5) is 4.30. The number of nitrogens with zero attached hydrogens (tertiary/aromatic N) is 2. The first-order chi connectivity index (χ1) is 7.34. The van der Waals surface area contributed by atoms with Gasteiger partial charge in [0.05, 0.1) is 6.20 Å². The SMILES string of the molecule is Brc1cnc2ccc(C3CCCC3)cn12. The van der Waals surface area contributed by atoms with Crippen LogP contribution in [0, 0.1) is 0 Å². The fraction of sp³-hybridized carbons (Fsp3) is 0.417. The lowest BCUT2D eigenvalue weighted by Gasteiger charge is -2.09. The smallest absolute Gasteiger partial charge is 0.137 e. The Kier molecular flexibility index (Phi) is 2.28. The second kappa shape index (κ2) is 3.63. The van der Waals surface area contributed by atoms with Gasteiger partial charge in [-0.05, 0) is 46.3 Å². The van der Waals surface area contributed by atoms with Gasteiger partial charge in [0.2, 0.25) is 0 Å². The van der Waals surface area contributed by atoms with Gasteiger partial charge in [-0.1, -0.05) is 18.9 Å². The summed E-state index contributed by atoms with van der Waals surface area (Å²) in [5.74, 6) is 0.767. The molecule has 0 aliphatic heterocycles. The number of aromatic nitrogens is 2. The van der Waals surface area contributed by atoms with Crippen LogP contribution in [0.5, 0.6) is 0 Å². The van der Waals surface area contributed by atoms with Crippen molar-refractivity contribution in [3.63, 3.8) is 0 Å². The number of imidazole rings is 1. The maximum Gasteiger partial charge on any atom is 0.137 e. The molecule has 1 aliphatic rings. The van der Waals surface area contributed by atoms with Gasteiger partial charge in [0.15, 0.2) is 0 Å². The molecule has 2 aromatic rings. The zero-order valence-electron chi connectivity index (χ0n) is 8.49. The molecule has 78 valence electrons. The molecule has 0 radical (unpaired) electrons. The summed E-state index contributed by atoms with van der Waals surface area (Å²) >= 11 is 3.51. The van der Waals surface area contributed by atoms with Crippen LogP contribution in [0.1, 0.15) is 37.2 Å². The normalized spacial score (nSPS) is 17.7. The molecule has 1 aliphatic carbocycles. The van der Waals surface area contributed by atoms with E-state index in [1.165, 1.54) is 31.2 Å². The summed E-state index contributed by atoms with van der Waals surface area (Å²) in [6.07, 6.45) is 9.54. The van der Waals surface area contributed by atoms with Gasteiger partial charge in [-0.3, -0.25) is 4.40 Å². The summed E-state index contributed by atoms with van der Waals surface area (Å²) in [5.41, 5.74) is 2.47. The van der Waals surface area contributed by atoms with Crippen molar-refractivity contribution in [2.45, 2.75) is 31.6 Å². The standard InChI is InChI=1S/C12H13BrN2/c13-11-7-14-12-6-5-10(8-15(11)12)9-3-1-2-4-9/h5-9H,1-4H2. The van der Waals surface area contributed by atoms with Crippen molar-refractivity contribution in [3.8, 4) is 0 Å². The molecule has 0 spiro atoms. The fourth-order valence-corrected chi connectivity index (χ4v) is 2.85. The van der Waals surface area contributed by atoms with Crippen molar-refractivity contribution in [2.24, 2.45) is 0 Å². The van der Waals surface area contributed by atoms with Gasteiger partial charge >= 0.3 is 0 Å². The molecule has 0 unspecified atom stereocenters. The molecular weight excluding hydrogens is 252 g/mol. The van der Waals surface area contributed by atoms with Crippen LogP contribution in [-0.4, -0.2) is 9.38 Å². The quantitative estimate of drug-likeness (QED) is 0.767. The van der Waals surface area contributed by atoms with Crippen LogP contribution < -0.4 is 0 Å². The van der Waals surface area contributed by atoms with Gasteiger partial charge in [-0.25, -0.2) is 4.98 Å². The minimum absolute atomic E-state index is 0.767. The van der Waals surface area contributed by atoms with Crippen LogP contribution in [-0.2, 0) is 0 Å².